The highest BCUT2D eigenvalue weighted by molar-refractivity contribution is 9.09. The van der Waals surface area contributed by atoms with E-state index in [1.807, 2.05) is 6.92 Å². The zero-order valence-corrected chi connectivity index (χ0v) is 6.61. The third-order valence-corrected chi connectivity index (χ3v) is 0.977. The summed E-state index contributed by atoms with van der Waals surface area (Å²) in [5.41, 5.74) is 0.597. The van der Waals surface area contributed by atoms with Crippen LogP contribution in [0.5, 0.6) is 0 Å². The van der Waals surface area contributed by atoms with Gasteiger partial charge in [0.1, 0.15) is 5.52 Å². The first-order valence-electron chi connectivity index (χ1n) is 2.63. The molecule has 0 aliphatic rings. The maximum absolute atomic E-state index is 4.99. The van der Waals surface area contributed by atoms with Crippen molar-refractivity contribution in [3.8, 4) is 0 Å². The van der Waals surface area contributed by atoms with E-state index in [4.69, 9.17) is 9.47 Å². The van der Waals surface area contributed by atoms with Gasteiger partial charge in [-0.05, 0) is 6.92 Å². The Bertz CT molecular complexity index is 35.4. The van der Waals surface area contributed by atoms with E-state index in [1.165, 1.54) is 0 Å². The highest BCUT2D eigenvalue weighted by Crippen LogP contribution is 1.82. The van der Waals surface area contributed by atoms with Crippen LogP contribution < -0.4 is 0 Å². The fraction of sp³-hybridized carbons (Fsp3) is 1.00. The largest absolute Gasteiger partial charge is 0.379 e. The molecule has 0 aromatic heterocycles. The molecule has 0 heterocycles. The first kappa shape index (κ1) is 8.40. The summed E-state index contributed by atoms with van der Waals surface area (Å²) in [7, 11) is 0. The van der Waals surface area contributed by atoms with Gasteiger partial charge in [-0.1, -0.05) is 15.9 Å². The molecule has 0 rings (SSSR count). The van der Waals surface area contributed by atoms with Crippen LogP contribution in [0, 0.1) is 0 Å². The number of ether oxygens (including phenoxy) is 2. The Morgan fingerprint density at radius 3 is 2.38 bits per heavy atom. The molecular formula is C5H11BrO2. The van der Waals surface area contributed by atoms with Gasteiger partial charge in [-0.2, -0.15) is 0 Å². The average Bonchev–Trinajstić information content (AvgIpc) is 1.81. The Morgan fingerprint density at radius 2 is 1.88 bits per heavy atom. The molecule has 0 spiro atoms. The van der Waals surface area contributed by atoms with E-state index in [0.29, 0.717) is 18.7 Å². The lowest BCUT2D eigenvalue weighted by atomic mass is 10.7. The van der Waals surface area contributed by atoms with E-state index in [1.54, 1.807) is 0 Å². The predicted octanol–water partition coefficient (Wildman–Crippen LogP) is 1.39. The number of rotatable bonds is 5. The third-order valence-electron chi connectivity index (χ3n) is 0.653. The molecule has 0 saturated heterocycles. The highest BCUT2D eigenvalue weighted by Gasteiger charge is 1.82. The normalized spacial score (nSPS) is 9.75. The molecule has 0 radical (unpaired) electrons. The van der Waals surface area contributed by atoms with Crippen LogP contribution in [0.1, 0.15) is 6.92 Å². The summed E-state index contributed by atoms with van der Waals surface area (Å²) in [5, 5.41) is 0. The van der Waals surface area contributed by atoms with Crippen molar-refractivity contribution < 1.29 is 9.47 Å². The Hall–Kier alpha value is 0.400. The van der Waals surface area contributed by atoms with Crippen LogP contribution >= 0.6 is 15.9 Å². The summed E-state index contributed by atoms with van der Waals surface area (Å²) >= 11 is 3.12. The SMILES string of the molecule is CCOCCOCBr. The van der Waals surface area contributed by atoms with Crippen LogP contribution in [0.15, 0.2) is 0 Å². The van der Waals surface area contributed by atoms with Crippen molar-refractivity contribution in [3.05, 3.63) is 0 Å². The highest BCUT2D eigenvalue weighted by atomic mass is 79.9. The molecule has 0 N–H and O–H groups in total. The van der Waals surface area contributed by atoms with Crippen molar-refractivity contribution in [1.29, 1.82) is 0 Å². The maximum atomic E-state index is 4.99. The second kappa shape index (κ2) is 7.40. The Kier molecular flexibility index (Phi) is 7.77. The van der Waals surface area contributed by atoms with E-state index in [9.17, 15) is 0 Å². The molecule has 0 fully saturated rings. The van der Waals surface area contributed by atoms with Gasteiger partial charge in [0.05, 0.1) is 13.2 Å². The van der Waals surface area contributed by atoms with Gasteiger partial charge >= 0.3 is 0 Å². The van der Waals surface area contributed by atoms with Crippen molar-refractivity contribution in [2.45, 2.75) is 6.92 Å². The van der Waals surface area contributed by atoms with Gasteiger partial charge in [0.15, 0.2) is 0 Å². The predicted molar refractivity (Wildman–Crippen MR) is 36.2 cm³/mol. The van der Waals surface area contributed by atoms with Gasteiger partial charge in [0.2, 0.25) is 0 Å². The van der Waals surface area contributed by atoms with Crippen molar-refractivity contribution >= 4 is 15.9 Å². The van der Waals surface area contributed by atoms with Gasteiger partial charge in [0.25, 0.3) is 0 Å². The second-order valence-electron chi connectivity index (χ2n) is 1.21. The van der Waals surface area contributed by atoms with Crippen molar-refractivity contribution in [2.24, 2.45) is 0 Å². The number of hydrogen-bond donors (Lipinski definition) is 0. The van der Waals surface area contributed by atoms with E-state index >= 15 is 0 Å². The summed E-state index contributed by atoms with van der Waals surface area (Å²) in [6.45, 7) is 4.11. The lowest BCUT2D eigenvalue weighted by Crippen LogP contribution is -2.01. The standard InChI is InChI=1S/C5H11BrO2/c1-2-7-3-4-8-5-6/h2-5H2,1H3. The molecule has 8 heavy (non-hydrogen) atoms. The third kappa shape index (κ3) is 6.40. The van der Waals surface area contributed by atoms with Crippen LogP contribution in [0.4, 0.5) is 0 Å². The van der Waals surface area contributed by atoms with Crippen LogP contribution in [0.25, 0.3) is 0 Å². The van der Waals surface area contributed by atoms with Gasteiger partial charge in [0, 0.05) is 6.61 Å². The fourth-order valence-electron chi connectivity index (χ4n) is 0.317. The summed E-state index contributed by atoms with van der Waals surface area (Å²) < 4.78 is 9.92. The monoisotopic (exact) mass is 182 g/mol. The number of alkyl halides is 1. The molecule has 3 heteroatoms. The van der Waals surface area contributed by atoms with Crippen LogP contribution in [-0.2, 0) is 9.47 Å². The minimum atomic E-state index is 0.597. The smallest absolute Gasteiger partial charge is 0.102 e. The molecule has 0 aliphatic heterocycles. The Morgan fingerprint density at radius 1 is 1.25 bits per heavy atom. The van der Waals surface area contributed by atoms with Crippen LogP contribution in [-0.4, -0.2) is 25.3 Å². The minimum absolute atomic E-state index is 0.597. The molecule has 2 nitrogen and oxygen atoms in total. The van der Waals surface area contributed by atoms with E-state index in [2.05, 4.69) is 15.9 Å². The van der Waals surface area contributed by atoms with Gasteiger partial charge in [-0.15, -0.1) is 0 Å². The van der Waals surface area contributed by atoms with E-state index < -0.39 is 0 Å². The number of hydrogen-bond acceptors (Lipinski definition) is 2. The van der Waals surface area contributed by atoms with Gasteiger partial charge in [-0.3, -0.25) is 0 Å². The molecular weight excluding hydrogens is 172 g/mol. The molecule has 0 atom stereocenters. The molecule has 50 valence electrons. The molecule has 0 amide bonds. The zero-order chi connectivity index (χ0) is 6.24. The Balaban J connectivity index is 2.53. The van der Waals surface area contributed by atoms with Crippen LogP contribution in [0.3, 0.4) is 0 Å². The summed E-state index contributed by atoms with van der Waals surface area (Å²) in [4.78, 5) is 0. The van der Waals surface area contributed by atoms with E-state index in [0.717, 1.165) is 6.61 Å². The number of halogens is 1. The van der Waals surface area contributed by atoms with Crippen molar-refractivity contribution in [1.82, 2.24) is 0 Å². The molecule has 0 aliphatic carbocycles. The molecule has 0 saturated carbocycles. The maximum Gasteiger partial charge on any atom is 0.102 e. The van der Waals surface area contributed by atoms with Gasteiger partial charge in [-0.25, -0.2) is 0 Å². The van der Waals surface area contributed by atoms with Crippen molar-refractivity contribution in [2.75, 3.05) is 25.3 Å². The topological polar surface area (TPSA) is 18.5 Å². The Labute approximate surface area is 58.3 Å². The average molecular weight is 183 g/mol. The van der Waals surface area contributed by atoms with Crippen molar-refractivity contribution in [3.63, 3.8) is 0 Å². The zero-order valence-electron chi connectivity index (χ0n) is 5.02. The summed E-state index contributed by atoms with van der Waals surface area (Å²) in [5.74, 6) is 0. The lowest BCUT2D eigenvalue weighted by molar-refractivity contribution is 0.0733. The first-order valence-corrected chi connectivity index (χ1v) is 3.75. The fourth-order valence-corrected chi connectivity index (χ4v) is 0.546. The molecule has 0 aromatic carbocycles. The van der Waals surface area contributed by atoms with Gasteiger partial charge < -0.3 is 9.47 Å². The lowest BCUT2D eigenvalue weighted by Gasteiger charge is -1.98. The first-order chi connectivity index (χ1) is 3.91. The van der Waals surface area contributed by atoms with Crippen LogP contribution in [0.2, 0.25) is 0 Å². The molecule has 0 aromatic rings. The van der Waals surface area contributed by atoms with E-state index in [-0.39, 0.29) is 0 Å². The summed E-state index contributed by atoms with van der Waals surface area (Å²) in [6.07, 6.45) is 0. The minimum Gasteiger partial charge on any atom is -0.379 e. The second-order valence-corrected chi connectivity index (χ2v) is 1.67. The quantitative estimate of drug-likeness (QED) is 0.473. The molecule has 0 bridgehead atoms. The summed E-state index contributed by atoms with van der Waals surface area (Å²) in [6, 6.07) is 0. The molecule has 0 unspecified atom stereocenters.